The van der Waals surface area contributed by atoms with Crippen molar-refractivity contribution in [1.29, 1.82) is 0 Å². The predicted octanol–water partition coefficient (Wildman–Crippen LogP) is 6.49. The number of urea groups is 1. The summed E-state index contributed by atoms with van der Waals surface area (Å²) in [6, 6.07) is 23.9. The van der Waals surface area contributed by atoms with E-state index in [9.17, 15) is 4.79 Å². The van der Waals surface area contributed by atoms with E-state index in [-0.39, 0.29) is 0 Å². The molecular weight excluding hydrogens is 407 g/mol. The molecule has 144 valence electrons. The van der Waals surface area contributed by atoms with Gasteiger partial charge in [-0.2, -0.15) is 5.10 Å². The summed E-state index contributed by atoms with van der Waals surface area (Å²) < 4.78 is 1.73. The lowest BCUT2D eigenvalue weighted by molar-refractivity contribution is 0.262. The van der Waals surface area contributed by atoms with Crippen molar-refractivity contribution >= 4 is 40.6 Å². The monoisotopic (exact) mass is 422 g/mol. The van der Waals surface area contributed by atoms with E-state index in [1.54, 1.807) is 29.1 Å². The van der Waals surface area contributed by atoms with Gasteiger partial charge >= 0.3 is 6.03 Å². The summed E-state index contributed by atoms with van der Waals surface area (Å²) in [5.41, 5.74) is 3.57. The molecule has 0 aliphatic rings. The summed E-state index contributed by atoms with van der Waals surface area (Å²) in [7, 11) is 0. The summed E-state index contributed by atoms with van der Waals surface area (Å²) in [6.07, 6.45) is 1.78. The molecule has 4 aromatic rings. The van der Waals surface area contributed by atoms with Crippen LogP contribution in [0, 0.1) is 0 Å². The van der Waals surface area contributed by atoms with E-state index in [1.165, 1.54) is 0 Å². The van der Waals surface area contributed by atoms with Crippen molar-refractivity contribution in [2.24, 2.45) is 0 Å². The second-order valence-electron chi connectivity index (χ2n) is 6.25. The Morgan fingerprint density at radius 3 is 2.21 bits per heavy atom. The zero-order valence-electron chi connectivity index (χ0n) is 15.1. The van der Waals surface area contributed by atoms with Crippen LogP contribution in [0.5, 0.6) is 0 Å². The Labute approximate surface area is 177 Å². The molecule has 2 N–H and O–H groups in total. The molecule has 3 aromatic carbocycles. The summed E-state index contributed by atoms with van der Waals surface area (Å²) in [5.74, 6) is 0. The minimum atomic E-state index is -0.409. The van der Waals surface area contributed by atoms with Crippen LogP contribution in [0.4, 0.5) is 16.2 Å². The van der Waals surface area contributed by atoms with Gasteiger partial charge in [0.1, 0.15) is 5.69 Å². The summed E-state index contributed by atoms with van der Waals surface area (Å²) in [5, 5.41) is 11.1. The molecule has 0 radical (unpaired) electrons. The standard InChI is InChI=1S/C22H16Cl2N4O/c23-18-12-11-16(13-19(18)24)25-22(29)26-20-14-28(17-9-5-2-6-10-17)27-21(20)15-7-3-1-4-8-15/h1-14H,(H2,25,26,29). The summed E-state index contributed by atoms with van der Waals surface area (Å²) in [6.45, 7) is 0. The first-order valence-electron chi connectivity index (χ1n) is 8.84. The quantitative estimate of drug-likeness (QED) is 0.394. The lowest BCUT2D eigenvalue weighted by Crippen LogP contribution is -2.19. The molecule has 0 saturated heterocycles. The van der Waals surface area contributed by atoms with Crippen molar-refractivity contribution in [2.45, 2.75) is 0 Å². The van der Waals surface area contributed by atoms with E-state index in [1.807, 2.05) is 60.7 Å². The molecule has 0 aliphatic carbocycles. The van der Waals surface area contributed by atoms with Gasteiger partial charge in [0.2, 0.25) is 0 Å². The number of anilines is 2. The highest BCUT2D eigenvalue weighted by atomic mass is 35.5. The van der Waals surface area contributed by atoms with Crippen LogP contribution in [0.3, 0.4) is 0 Å². The summed E-state index contributed by atoms with van der Waals surface area (Å²) >= 11 is 11.9. The van der Waals surface area contributed by atoms with Crippen LogP contribution in [-0.4, -0.2) is 15.8 Å². The number of hydrogen-bond donors (Lipinski definition) is 2. The minimum Gasteiger partial charge on any atom is -0.308 e. The van der Waals surface area contributed by atoms with Gasteiger partial charge in [0, 0.05) is 11.3 Å². The number of nitrogens with zero attached hydrogens (tertiary/aromatic N) is 2. The average molecular weight is 423 g/mol. The van der Waals surface area contributed by atoms with E-state index in [0.29, 0.717) is 27.1 Å². The maximum Gasteiger partial charge on any atom is 0.323 e. The lowest BCUT2D eigenvalue weighted by atomic mass is 10.1. The Morgan fingerprint density at radius 1 is 0.828 bits per heavy atom. The molecule has 0 bridgehead atoms. The van der Waals surface area contributed by atoms with E-state index >= 15 is 0 Å². The maximum absolute atomic E-state index is 12.6. The molecule has 1 aromatic heterocycles. The lowest BCUT2D eigenvalue weighted by Gasteiger charge is -2.08. The molecule has 1 heterocycles. The number of benzene rings is 3. The molecule has 29 heavy (non-hydrogen) atoms. The fourth-order valence-corrected chi connectivity index (χ4v) is 3.14. The number of carbonyl (C=O) groups excluding carboxylic acids is 1. The second kappa shape index (κ2) is 8.39. The second-order valence-corrected chi connectivity index (χ2v) is 7.06. The smallest absolute Gasteiger partial charge is 0.308 e. The van der Waals surface area contributed by atoms with Crippen molar-refractivity contribution in [2.75, 3.05) is 10.6 Å². The molecule has 0 fully saturated rings. The SMILES string of the molecule is O=C(Nc1ccc(Cl)c(Cl)c1)Nc1cn(-c2ccccc2)nc1-c1ccccc1. The van der Waals surface area contributed by atoms with Gasteiger partial charge in [-0.15, -0.1) is 0 Å². The Morgan fingerprint density at radius 2 is 1.52 bits per heavy atom. The van der Waals surface area contributed by atoms with Crippen molar-refractivity contribution in [3.63, 3.8) is 0 Å². The van der Waals surface area contributed by atoms with Crippen molar-refractivity contribution < 1.29 is 4.79 Å². The number of aromatic nitrogens is 2. The Hall–Kier alpha value is -3.28. The zero-order valence-corrected chi connectivity index (χ0v) is 16.7. The Kier molecular flexibility index (Phi) is 5.51. The highest BCUT2D eigenvalue weighted by Crippen LogP contribution is 2.29. The first-order chi connectivity index (χ1) is 14.1. The van der Waals surface area contributed by atoms with E-state index < -0.39 is 6.03 Å². The Balaban J connectivity index is 1.63. The van der Waals surface area contributed by atoms with Gasteiger partial charge in [-0.1, -0.05) is 71.7 Å². The number of halogens is 2. The van der Waals surface area contributed by atoms with Gasteiger partial charge in [-0.05, 0) is 30.3 Å². The van der Waals surface area contributed by atoms with Crippen LogP contribution in [0.2, 0.25) is 10.0 Å². The third kappa shape index (κ3) is 4.42. The van der Waals surface area contributed by atoms with Crippen molar-refractivity contribution in [3.05, 3.63) is 95.1 Å². The van der Waals surface area contributed by atoms with Crippen LogP contribution in [-0.2, 0) is 0 Å². The Bertz CT molecular complexity index is 1140. The molecule has 0 saturated carbocycles. The molecule has 0 spiro atoms. The fourth-order valence-electron chi connectivity index (χ4n) is 2.85. The predicted molar refractivity (Wildman–Crippen MR) is 118 cm³/mol. The minimum absolute atomic E-state index is 0.367. The first kappa shape index (κ1) is 19.1. The summed E-state index contributed by atoms with van der Waals surface area (Å²) in [4.78, 5) is 12.6. The zero-order chi connectivity index (χ0) is 20.2. The molecule has 0 atom stereocenters. The largest absolute Gasteiger partial charge is 0.323 e. The molecule has 7 heteroatoms. The fraction of sp³-hybridized carbons (Fsp3) is 0. The van der Waals surface area contributed by atoms with Crippen LogP contribution >= 0.6 is 23.2 Å². The molecule has 2 amide bonds. The van der Waals surface area contributed by atoms with Gasteiger partial charge < -0.3 is 10.6 Å². The topological polar surface area (TPSA) is 59.0 Å². The number of hydrogen-bond acceptors (Lipinski definition) is 2. The van der Waals surface area contributed by atoms with Crippen molar-refractivity contribution in [1.82, 2.24) is 9.78 Å². The van der Waals surface area contributed by atoms with Crippen LogP contribution in [0.15, 0.2) is 85.1 Å². The molecular formula is C22H16Cl2N4O. The number of carbonyl (C=O) groups is 1. The molecule has 0 aliphatic heterocycles. The normalized spacial score (nSPS) is 10.6. The van der Waals surface area contributed by atoms with E-state index in [0.717, 1.165) is 11.3 Å². The van der Waals surface area contributed by atoms with E-state index in [2.05, 4.69) is 15.7 Å². The van der Waals surface area contributed by atoms with Gasteiger partial charge in [0.05, 0.1) is 27.6 Å². The average Bonchev–Trinajstić information content (AvgIpc) is 3.16. The van der Waals surface area contributed by atoms with Crippen molar-refractivity contribution in [3.8, 4) is 16.9 Å². The number of amides is 2. The molecule has 4 rings (SSSR count). The number of nitrogens with one attached hydrogen (secondary N) is 2. The maximum atomic E-state index is 12.6. The number of rotatable bonds is 4. The highest BCUT2D eigenvalue weighted by Gasteiger charge is 2.15. The van der Waals surface area contributed by atoms with E-state index in [4.69, 9.17) is 23.2 Å². The number of para-hydroxylation sites is 1. The highest BCUT2D eigenvalue weighted by molar-refractivity contribution is 6.42. The van der Waals surface area contributed by atoms with Crippen LogP contribution < -0.4 is 10.6 Å². The third-order valence-corrected chi connectivity index (χ3v) is 4.95. The van der Waals surface area contributed by atoms with Gasteiger partial charge in [0.15, 0.2) is 0 Å². The molecule has 5 nitrogen and oxygen atoms in total. The first-order valence-corrected chi connectivity index (χ1v) is 9.59. The van der Waals surface area contributed by atoms with Gasteiger partial charge in [-0.25, -0.2) is 9.48 Å². The van der Waals surface area contributed by atoms with Crippen LogP contribution in [0.1, 0.15) is 0 Å². The van der Waals surface area contributed by atoms with Gasteiger partial charge in [0.25, 0.3) is 0 Å². The molecule has 0 unspecified atom stereocenters. The van der Waals surface area contributed by atoms with Gasteiger partial charge in [-0.3, -0.25) is 0 Å². The third-order valence-electron chi connectivity index (χ3n) is 4.21. The van der Waals surface area contributed by atoms with Crippen LogP contribution in [0.25, 0.3) is 16.9 Å².